The lowest BCUT2D eigenvalue weighted by molar-refractivity contribution is -0.118. The summed E-state index contributed by atoms with van der Waals surface area (Å²) in [6.07, 6.45) is 5.21. The number of hydrogen-bond donors (Lipinski definition) is 1. The third-order valence-corrected chi connectivity index (χ3v) is 8.34. The summed E-state index contributed by atoms with van der Waals surface area (Å²) in [4.78, 5) is 35.6. The summed E-state index contributed by atoms with van der Waals surface area (Å²) < 4.78 is 10.8. The van der Waals surface area contributed by atoms with Crippen LogP contribution in [-0.2, 0) is 9.53 Å². The number of pyridine rings is 1. The van der Waals surface area contributed by atoms with Crippen LogP contribution in [0.15, 0.2) is 54.9 Å². The number of imide groups is 1. The Balaban J connectivity index is 1.33. The quantitative estimate of drug-likeness (QED) is 0.546. The van der Waals surface area contributed by atoms with Gasteiger partial charge in [-0.15, -0.1) is 11.8 Å². The van der Waals surface area contributed by atoms with Crippen LogP contribution in [0, 0.1) is 0 Å². The van der Waals surface area contributed by atoms with Crippen LogP contribution in [-0.4, -0.2) is 61.6 Å². The zero-order valence-corrected chi connectivity index (χ0v) is 21.0. The predicted molar refractivity (Wildman–Crippen MR) is 142 cm³/mol. The number of thioether (sulfide) groups is 1. The molecular weight excluding hydrogens is 500 g/mol. The lowest BCUT2D eigenvalue weighted by Gasteiger charge is -2.33. The molecule has 36 heavy (non-hydrogen) atoms. The fourth-order valence-electron chi connectivity index (χ4n) is 4.79. The van der Waals surface area contributed by atoms with Gasteiger partial charge in [-0.05, 0) is 36.4 Å². The fraction of sp³-hybridized carbons (Fsp3) is 0.269. The molecule has 2 unspecified atom stereocenters. The van der Waals surface area contributed by atoms with Crippen LogP contribution in [0.3, 0.4) is 0 Å². The van der Waals surface area contributed by atoms with Gasteiger partial charge in [0.1, 0.15) is 11.0 Å². The molecule has 0 aliphatic carbocycles. The summed E-state index contributed by atoms with van der Waals surface area (Å²) in [7, 11) is 1.59. The largest absolute Gasteiger partial charge is 0.497 e. The molecule has 1 N–H and O–H groups in total. The highest BCUT2D eigenvalue weighted by molar-refractivity contribution is 8.09. The first-order chi connectivity index (χ1) is 17.5. The van der Waals surface area contributed by atoms with Gasteiger partial charge in [-0.3, -0.25) is 9.78 Å². The number of nitrogens with zero attached hydrogens (tertiary/aromatic N) is 3. The molecule has 3 amide bonds. The summed E-state index contributed by atoms with van der Waals surface area (Å²) in [6, 6.07) is 10.5. The number of methoxy groups -OCH3 is 1. The molecule has 0 bridgehead atoms. The summed E-state index contributed by atoms with van der Waals surface area (Å²) in [5.41, 5.74) is 2.26. The molecule has 4 heterocycles. The number of carbonyl (C=O) groups is 2. The molecule has 3 aromatic rings. The summed E-state index contributed by atoms with van der Waals surface area (Å²) in [5.74, 6) is 0.380. The zero-order chi connectivity index (χ0) is 24.8. The number of ether oxygens (including phenoxy) is 2. The number of benzene rings is 2. The number of aromatic nitrogens is 1. The molecule has 2 fully saturated rings. The minimum atomic E-state index is -0.516. The lowest BCUT2D eigenvalue weighted by atomic mass is 10.1. The van der Waals surface area contributed by atoms with E-state index in [9.17, 15) is 9.59 Å². The van der Waals surface area contributed by atoms with Crippen LogP contribution in [0.4, 0.5) is 16.2 Å². The average Bonchev–Trinajstić information content (AvgIpc) is 3.33. The molecule has 184 valence electrons. The van der Waals surface area contributed by atoms with E-state index >= 15 is 0 Å². The molecule has 3 aliphatic heterocycles. The first kappa shape index (κ1) is 23.1. The predicted octanol–water partition coefficient (Wildman–Crippen LogP) is 4.31. The van der Waals surface area contributed by atoms with Gasteiger partial charge in [0, 0.05) is 51.2 Å². The van der Waals surface area contributed by atoms with Gasteiger partial charge in [-0.2, -0.15) is 0 Å². The van der Waals surface area contributed by atoms with E-state index in [1.54, 1.807) is 31.6 Å². The van der Waals surface area contributed by atoms with Gasteiger partial charge >= 0.3 is 6.03 Å². The van der Waals surface area contributed by atoms with Crippen molar-refractivity contribution in [2.75, 3.05) is 43.2 Å². The van der Waals surface area contributed by atoms with E-state index in [0.29, 0.717) is 29.7 Å². The van der Waals surface area contributed by atoms with E-state index in [0.717, 1.165) is 40.0 Å². The van der Waals surface area contributed by atoms with E-state index in [2.05, 4.69) is 15.2 Å². The highest BCUT2D eigenvalue weighted by Gasteiger charge is 2.46. The molecule has 2 atom stereocenters. The Morgan fingerprint density at radius 1 is 1.14 bits per heavy atom. The van der Waals surface area contributed by atoms with Crippen LogP contribution >= 0.6 is 23.4 Å². The van der Waals surface area contributed by atoms with Crippen molar-refractivity contribution in [1.82, 2.24) is 10.3 Å². The number of nitrogens with one attached hydrogen (secondary N) is 1. The van der Waals surface area contributed by atoms with E-state index < -0.39 is 17.3 Å². The summed E-state index contributed by atoms with van der Waals surface area (Å²) >= 11 is 7.85. The number of amides is 3. The van der Waals surface area contributed by atoms with Crippen molar-refractivity contribution >= 4 is 62.4 Å². The topological polar surface area (TPSA) is 84.0 Å². The van der Waals surface area contributed by atoms with Gasteiger partial charge in [-0.1, -0.05) is 17.7 Å². The maximum absolute atomic E-state index is 13.7. The van der Waals surface area contributed by atoms with Crippen LogP contribution in [0.25, 0.3) is 15.7 Å². The molecule has 6 rings (SSSR count). The number of morpholine rings is 1. The van der Waals surface area contributed by atoms with Crippen molar-refractivity contribution in [3.63, 3.8) is 0 Å². The van der Waals surface area contributed by atoms with E-state index in [1.807, 2.05) is 30.3 Å². The van der Waals surface area contributed by atoms with Crippen molar-refractivity contribution in [3.05, 3.63) is 65.5 Å². The maximum Gasteiger partial charge on any atom is 0.329 e. The SMILES string of the molecule is COc1ccc(Cl)c(C2=CC3NC(=O)N(c4cncc5ccc(N6CCOCC6)cc45)C(=O)C3S2)c1. The second-order valence-corrected chi connectivity index (χ2v) is 10.3. The van der Waals surface area contributed by atoms with Crippen molar-refractivity contribution in [2.45, 2.75) is 11.3 Å². The van der Waals surface area contributed by atoms with Crippen molar-refractivity contribution in [1.29, 1.82) is 0 Å². The molecule has 0 saturated carbocycles. The van der Waals surface area contributed by atoms with Gasteiger partial charge in [0.05, 0.1) is 38.2 Å². The van der Waals surface area contributed by atoms with Gasteiger partial charge in [0.25, 0.3) is 5.91 Å². The van der Waals surface area contributed by atoms with Gasteiger partial charge < -0.3 is 19.7 Å². The molecular formula is C26H23ClN4O4S. The Hall–Kier alpha value is -3.27. The number of carbonyl (C=O) groups excluding carboxylic acids is 2. The van der Waals surface area contributed by atoms with Crippen LogP contribution in [0.1, 0.15) is 5.56 Å². The van der Waals surface area contributed by atoms with E-state index in [4.69, 9.17) is 21.1 Å². The first-order valence-corrected chi connectivity index (χ1v) is 12.9. The van der Waals surface area contributed by atoms with Gasteiger partial charge in [0.15, 0.2) is 0 Å². The average molecular weight is 523 g/mol. The van der Waals surface area contributed by atoms with Crippen LogP contribution in [0.5, 0.6) is 5.75 Å². The van der Waals surface area contributed by atoms with Crippen LogP contribution < -0.4 is 19.9 Å². The number of anilines is 2. The second kappa shape index (κ2) is 9.31. The molecule has 2 aromatic carbocycles. The molecule has 0 radical (unpaired) electrons. The normalized spacial score (nSPS) is 21.9. The van der Waals surface area contributed by atoms with Crippen molar-refractivity contribution < 1.29 is 19.1 Å². The third-order valence-electron chi connectivity index (χ3n) is 6.65. The zero-order valence-electron chi connectivity index (χ0n) is 19.4. The number of urea groups is 1. The highest BCUT2D eigenvalue weighted by Crippen LogP contribution is 2.45. The minimum Gasteiger partial charge on any atom is -0.497 e. The number of fused-ring (bicyclic) bond motifs is 2. The summed E-state index contributed by atoms with van der Waals surface area (Å²) in [5, 5.41) is 4.67. The molecule has 2 saturated heterocycles. The Labute approximate surface area is 217 Å². The molecule has 10 heteroatoms. The van der Waals surface area contributed by atoms with Gasteiger partial charge in [-0.25, -0.2) is 9.69 Å². The fourth-order valence-corrected chi connectivity index (χ4v) is 6.36. The molecule has 8 nitrogen and oxygen atoms in total. The Bertz CT molecular complexity index is 1410. The number of hydrogen-bond acceptors (Lipinski definition) is 7. The summed E-state index contributed by atoms with van der Waals surface area (Å²) in [6.45, 7) is 2.91. The highest BCUT2D eigenvalue weighted by atomic mass is 35.5. The number of rotatable bonds is 4. The van der Waals surface area contributed by atoms with Crippen LogP contribution in [0.2, 0.25) is 5.02 Å². The Morgan fingerprint density at radius 3 is 2.78 bits per heavy atom. The number of halogens is 1. The molecule has 0 spiro atoms. The molecule has 3 aliphatic rings. The van der Waals surface area contributed by atoms with Crippen molar-refractivity contribution in [3.8, 4) is 5.75 Å². The van der Waals surface area contributed by atoms with Crippen molar-refractivity contribution in [2.24, 2.45) is 0 Å². The Kier molecular flexibility index (Phi) is 5.99. The first-order valence-electron chi connectivity index (χ1n) is 11.6. The third kappa shape index (κ3) is 3.97. The second-order valence-electron chi connectivity index (χ2n) is 8.73. The molecule has 1 aromatic heterocycles. The Morgan fingerprint density at radius 2 is 1.97 bits per heavy atom. The van der Waals surface area contributed by atoms with Gasteiger partial charge in [0.2, 0.25) is 0 Å². The smallest absolute Gasteiger partial charge is 0.329 e. The monoisotopic (exact) mass is 522 g/mol. The maximum atomic E-state index is 13.7. The standard InChI is InChI=1S/C26H23ClN4O4S/c1-34-17-4-5-20(27)19(11-17)23-12-21-24(36-23)25(32)31(26(33)29-21)22-14-28-13-15-2-3-16(10-18(15)22)30-6-8-35-9-7-30/h2-5,10-14,21,24H,6-9H2,1H3,(H,29,33). The van der Waals surface area contributed by atoms with E-state index in [-0.39, 0.29) is 5.91 Å². The minimum absolute atomic E-state index is 0.287. The van der Waals surface area contributed by atoms with E-state index in [1.165, 1.54) is 16.7 Å². The lowest BCUT2D eigenvalue weighted by Crippen LogP contribution is -2.60.